The minimum absolute atomic E-state index is 0.0550. The molecule has 4 amide bonds. The predicted molar refractivity (Wildman–Crippen MR) is 228 cm³/mol. The third kappa shape index (κ3) is 11.9. The number of hydrogen-bond donors (Lipinski definition) is 6. The third-order valence-electron chi connectivity index (χ3n) is 6.65. The van der Waals surface area contributed by atoms with E-state index in [2.05, 4.69) is 21.3 Å². The van der Waals surface area contributed by atoms with Gasteiger partial charge in [0.15, 0.2) is 0 Å². The molecule has 2 aromatic carbocycles. The Hall–Kier alpha value is -0.360. The topological polar surface area (TPSA) is 191 Å². The van der Waals surface area contributed by atoms with Gasteiger partial charge in [0.2, 0.25) is 23.6 Å². The van der Waals surface area contributed by atoms with Gasteiger partial charge in [-0.3, -0.25) is 19.2 Å². The van der Waals surface area contributed by atoms with Crippen molar-refractivity contribution in [1.29, 1.82) is 0 Å². The molecule has 0 atom stereocenters. The molecule has 0 aromatic heterocycles. The summed E-state index contributed by atoms with van der Waals surface area (Å²) in [5.74, 6) is -3.25. The number of carboxylic acids is 2. The maximum Gasteiger partial charge on any atom is 0.337 e. The van der Waals surface area contributed by atoms with Gasteiger partial charge in [-0.1, -0.05) is 20.3 Å². The first-order valence-corrected chi connectivity index (χ1v) is 20.5. The lowest BCUT2D eigenvalue weighted by Gasteiger charge is -2.19. The highest BCUT2D eigenvalue weighted by molar-refractivity contribution is 14.1. The van der Waals surface area contributed by atoms with E-state index < -0.39 is 11.9 Å². The maximum atomic E-state index is 12.9. The molecule has 0 bridgehead atoms. The molecule has 47 heavy (non-hydrogen) atoms. The van der Waals surface area contributed by atoms with Crippen molar-refractivity contribution >= 4 is 182 Å². The van der Waals surface area contributed by atoms with Crippen LogP contribution in [0.2, 0.25) is 0 Å². The van der Waals surface area contributed by atoms with Gasteiger partial charge in [-0.15, -0.1) is 0 Å². The second-order valence-corrected chi connectivity index (χ2v) is 16.3. The molecular formula is C29H30I6N4O8. The van der Waals surface area contributed by atoms with E-state index in [0.29, 0.717) is 63.2 Å². The molecule has 0 radical (unpaired) electrons. The number of anilines is 2. The van der Waals surface area contributed by atoms with Gasteiger partial charge in [0.25, 0.3) is 0 Å². The zero-order valence-corrected chi connectivity index (χ0v) is 37.9. The van der Waals surface area contributed by atoms with Crippen LogP contribution in [0, 0.1) is 21.4 Å². The van der Waals surface area contributed by atoms with Crippen LogP contribution in [0.4, 0.5) is 11.4 Å². The van der Waals surface area contributed by atoms with E-state index in [1.54, 1.807) is 13.8 Å². The lowest BCUT2D eigenvalue weighted by Crippen LogP contribution is -2.25. The first-order valence-electron chi connectivity index (χ1n) is 14.0. The normalized spacial score (nSPS) is 10.7. The molecule has 0 unspecified atom stereocenters. The summed E-state index contributed by atoms with van der Waals surface area (Å²) < 4.78 is 3.05. The van der Waals surface area contributed by atoms with Crippen LogP contribution in [-0.2, 0) is 32.3 Å². The number of rotatable bonds is 16. The standard InChI is InChI=1S/C29H30I6N4O8/c1-3-14(40)36-10-12-20(30)18(28(44)45)24(34)26(22(12)32)38-16(42)8-6-5-7-9-17(43)39-27-23(33)13(11-37-15(41)4-2)21(31)19(25(27)35)29(46)47/h3-11H2,1-2H3,(H,36,40)(H,37,41)(H,38,42)(H,39,43)(H,44,45)(H,46,47). The average Bonchev–Trinajstić information content (AvgIpc) is 3.00. The minimum atomic E-state index is -1.14. The Morgan fingerprint density at radius 1 is 0.511 bits per heavy atom. The fraction of sp³-hybridized carbons (Fsp3) is 0.379. The van der Waals surface area contributed by atoms with Gasteiger partial charge in [-0.05, 0) is 148 Å². The number of amides is 4. The zero-order valence-electron chi connectivity index (χ0n) is 25.0. The van der Waals surface area contributed by atoms with Crippen molar-refractivity contribution in [3.63, 3.8) is 0 Å². The lowest BCUT2D eigenvalue weighted by atomic mass is 10.1. The first kappa shape index (κ1) is 42.8. The molecule has 0 saturated carbocycles. The molecule has 2 aromatic rings. The molecule has 256 valence electrons. The quantitative estimate of drug-likeness (QED) is 0.0746. The molecule has 18 heteroatoms. The molecular weight excluding hydrogens is 1290 g/mol. The Labute approximate surface area is 353 Å². The van der Waals surface area contributed by atoms with E-state index in [4.69, 9.17) is 0 Å². The Kier molecular flexibility index (Phi) is 18.7. The summed E-state index contributed by atoms with van der Waals surface area (Å²) >= 11 is 11.8. The second kappa shape index (κ2) is 20.5. The molecule has 12 nitrogen and oxygen atoms in total. The van der Waals surface area contributed by atoms with Crippen molar-refractivity contribution in [2.45, 2.75) is 71.9 Å². The number of benzene rings is 2. The van der Waals surface area contributed by atoms with Gasteiger partial charge >= 0.3 is 11.9 Å². The summed E-state index contributed by atoms with van der Waals surface area (Å²) in [7, 11) is 0. The van der Waals surface area contributed by atoms with Crippen LogP contribution in [0.25, 0.3) is 0 Å². The van der Waals surface area contributed by atoms with Crippen LogP contribution >= 0.6 is 136 Å². The predicted octanol–water partition coefficient (Wildman–Crippen LogP) is 7.29. The molecule has 2 rings (SSSR count). The summed E-state index contributed by atoms with van der Waals surface area (Å²) in [6.07, 6.45) is 2.37. The van der Waals surface area contributed by atoms with Crippen LogP contribution in [0.5, 0.6) is 0 Å². The Morgan fingerprint density at radius 3 is 1.15 bits per heavy atom. The highest BCUT2D eigenvalue weighted by Gasteiger charge is 2.27. The molecule has 0 heterocycles. The third-order valence-corrected chi connectivity index (χ3v) is 13.6. The monoisotopic (exact) mass is 1320 g/mol. The van der Waals surface area contributed by atoms with Crippen LogP contribution in [0.3, 0.4) is 0 Å². The van der Waals surface area contributed by atoms with Crippen molar-refractivity contribution < 1.29 is 39.0 Å². The number of carbonyl (C=O) groups is 6. The van der Waals surface area contributed by atoms with E-state index >= 15 is 0 Å². The molecule has 0 aliphatic carbocycles. The van der Waals surface area contributed by atoms with E-state index in [-0.39, 0.29) is 73.5 Å². The van der Waals surface area contributed by atoms with Gasteiger partial charge in [-0.25, -0.2) is 9.59 Å². The molecule has 0 aliphatic heterocycles. The summed E-state index contributed by atoms with van der Waals surface area (Å²) in [6.45, 7) is 3.69. The SMILES string of the molecule is CCC(=O)NCc1c(I)c(NC(=O)CCCCCC(=O)Nc2c(I)c(CNC(=O)CC)c(I)c(C(=O)O)c2I)c(I)c(C(=O)O)c1I. The molecule has 0 aliphatic rings. The van der Waals surface area contributed by atoms with Gasteiger partial charge in [-0.2, -0.15) is 0 Å². The van der Waals surface area contributed by atoms with Crippen molar-refractivity contribution in [3.05, 3.63) is 43.7 Å². The Balaban J connectivity index is 2.06. The largest absolute Gasteiger partial charge is 0.478 e. The van der Waals surface area contributed by atoms with E-state index in [9.17, 15) is 39.0 Å². The second-order valence-electron chi connectivity index (χ2n) is 9.87. The molecule has 6 N–H and O–H groups in total. The highest BCUT2D eigenvalue weighted by Crippen LogP contribution is 2.37. The van der Waals surface area contributed by atoms with Crippen LogP contribution in [0.15, 0.2) is 0 Å². The van der Waals surface area contributed by atoms with Crippen LogP contribution < -0.4 is 21.3 Å². The fourth-order valence-electron chi connectivity index (χ4n) is 4.11. The Bertz CT molecular complexity index is 1490. The summed E-state index contributed by atoms with van der Waals surface area (Å²) in [5, 5.41) is 30.9. The zero-order chi connectivity index (χ0) is 35.6. The smallest absolute Gasteiger partial charge is 0.337 e. The van der Waals surface area contributed by atoms with Gasteiger partial charge in [0, 0.05) is 64.2 Å². The maximum absolute atomic E-state index is 12.9. The summed E-state index contributed by atoms with van der Waals surface area (Å²) in [6, 6.07) is 0. The number of halogens is 6. The average molecular weight is 1320 g/mol. The number of unbranched alkanes of at least 4 members (excludes halogenated alkanes) is 2. The summed E-state index contributed by atoms with van der Waals surface area (Å²) in [5.41, 5.74) is 2.09. The minimum Gasteiger partial charge on any atom is -0.478 e. The molecule has 0 fully saturated rings. The number of hydrogen-bond acceptors (Lipinski definition) is 6. The Morgan fingerprint density at radius 2 is 0.851 bits per heavy atom. The fourth-order valence-corrected chi connectivity index (χ4v) is 12.7. The number of nitrogens with one attached hydrogen (secondary N) is 4. The van der Waals surface area contributed by atoms with E-state index in [1.165, 1.54) is 0 Å². The van der Waals surface area contributed by atoms with Crippen molar-refractivity contribution in [2.24, 2.45) is 0 Å². The summed E-state index contributed by atoms with van der Waals surface area (Å²) in [4.78, 5) is 73.6. The highest BCUT2D eigenvalue weighted by atomic mass is 127. The number of aromatic carboxylic acids is 2. The van der Waals surface area contributed by atoms with Gasteiger partial charge < -0.3 is 31.5 Å². The van der Waals surface area contributed by atoms with Crippen molar-refractivity contribution in [2.75, 3.05) is 10.6 Å². The van der Waals surface area contributed by atoms with Crippen LogP contribution in [-0.4, -0.2) is 45.8 Å². The lowest BCUT2D eigenvalue weighted by molar-refractivity contribution is -0.121. The van der Waals surface area contributed by atoms with Gasteiger partial charge in [0.1, 0.15) is 0 Å². The number of carbonyl (C=O) groups excluding carboxylic acids is 4. The van der Waals surface area contributed by atoms with E-state index in [1.807, 2.05) is 136 Å². The van der Waals surface area contributed by atoms with Crippen molar-refractivity contribution in [1.82, 2.24) is 10.6 Å². The van der Waals surface area contributed by atoms with E-state index in [0.717, 1.165) is 0 Å². The molecule has 0 saturated heterocycles. The first-order chi connectivity index (χ1) is 22.1. The van der Waals surface area contributed by atoms with Crippen LogP contribution in [0.1, 0.15) is 90.6 Å². The van der Waals surface area contributed by atoms with Crippen molar-refractivity contribution in [3.8, 4) is 0 Å². The molecule has 0 spiro atoms. The number of carboxylic acid groups (broad SMARTS) is 2. The van der Waals surface area contributed by atoms with Gasteiger partial charge in [0.05, 0.1) is 29.6 Å².